The largest absolute Gasteiger partial charge is 0.442 e. The number of hydrogen-bond donors (Lipinski definition) is 1. The summed E-state index contributed by atoms with van der Waals surface area (Å²) < 4.78 is 67.7. The Kier molecular flexibility index (Phi) is 12.9. The number of benzene rings is 2. The number of ether oxygens (including phenoxy) is 2. The Balaban J connectivity index is 2.90. The lowest BCUT2D eigenvalue weighted by atomic mass is 9.99. The molecule has 0 radical (unpaired) electrons. The molecule has 14 heteroatoms. The van der Waals surface area contributed by atoms with E-state index in [0.717, 1.165) is 24.3 Å². The fraction of sp³-hybridized carbons (Fsp3) is 0.500. The van der Waals surface area contributed by atoms with E-state index in [2.05, 4.69) is 0 Å². The molecule has 3 atom stereocenters. The highest BCUT2D eigenvalue weighted by Crippen LogP contribution is 2.27. The monoisotopic (exact) mass is 666 g/mol. The van der Waals surface area contributed by atoms with Crippen LogP contribution in [0.4, 0.5) is 27.2 Å². The van der Waals surface area contributed by atoms with Crippen LogP contribution in [-0.2, 0) is 27.1 Å². The smallest absolute Gasteiger partial charge is 0.430 e. The van der Waals surface area contributed by atoms with Crippen LogP contribution in [0.5, 0.6) is 0 Å². The number of aliphatic hydroxyl groups is 1. The Morgan fingerprint density at radius 3 is 1.48 bits per heavy atom. The molecule has 0 saturated heterocycles. The first-order chi connectivity index (χ1) is 20.2. The number of hydrazine groups is 1. The van der Waals surface area contributed by atoms with E-state index in [1.54, 1.807) is 0 Å². The summed E-state index contributed by atoms with van der Waals surface area (Å²) in [5, 5.41) is 12.2. The van der Waals surface area contributed by atoms with Crippen LogP contribution in [0, 0.1) is 23.3 Å². The maximum absolute atomic E-state index is 14.2. The minimum absolute atomic E-state index is 0.0539. The molecule has 0 bridgehead atoms. The van der Waals surface area contributed by atoms with E-state index in [1.165, 1.54) is 41.5 Å². The van der Waals surface area contributed by atoms with Gasteiger partial charge in [0, 0.05) is 18.6 Å². The predicted molar refractivity (Wildman–Crippen MR) is 156 cm³/mol. The third-order valence-electron chi connectivity index (χ3n) is 5.83. The van der Waals surface area contributed by atoms with Crippen molar-refractivity contribution in [2.24, 2.45) is 0 Å². The summed E-state index contributed by atoms with van der Waals surface area (Å²) in [6, 6.07) is 1.58. The average molecular weight is 668 g/mol. The van der Waals surface area contributed by atoms with Crippen molar-refractivity contribution in [3.63, 3.8) is 0 Å². The second-order valence-corrected chi connectivity index (χ2v) is 12.6. The number of carbonyl (C=O) groups excluding carboxylic acids is 3. The van der Waals surface area contributed by atoms with Gasteiger partial charge in [-0.2, -0.15) is 0 Å². The van der Waals surface area contributed by atoms with Crippen LogP contribution in [0.3, 0.4) is 0 Å². The van der Waals surface area contributed by atoms with Crippen LogP contribution in [0.2, 0.25) is 0 Å². The molecule has 0 aliphatic carbocycles. The van der Waals surface area contributed by atoms with Crippen LogP contribution in [0.15, 0.2) is 36.4 Å². The van der Waals surface area contributed by atoms with Crippen molar-refractivity contribution in [3.05, 3.63) is 70.8 Å². The second-order valence-electron chi connectivity index (χ2n) is 12.0. The normalized spacial score (nSPS) is 13.9. The summed E-state index contributed by atoms with van der Waals surface area (Å²) in [6.45, 7) is 9.03. The van der Waals surface area contributed by atoms with Crippen LogP contribution < -0.4 is 0 Å². The fourth-order valence-electron chi connectivity index (χ4n) is 4.20. The predicted octanol–water partition coefficient (Wildman–Crippen LogP) is 6.56. The fourth-order valence-corrected chi connectivity index (χ4v) is 4.59. The van der Waals surface area contributed by atoms with E-state index in [4.69, 9.17) is 32.7 Å². The SMILES string of the molecule is CC(C)(C)OC(=O)N([C@@H](Cc1cc(F)cc(F)c1)C(=O)CCl)N(C(=O)OC(C)(C)C)[C@@H](Cc1cc(F)cc(F)c1)[C@H](O)CCl. The van der Waals surface area contributed by atoms with Crippen LogP contribution >= 0.6 is 23.2 Å². The van der Waals surface area contributed by atoms with Gasteiger partial charge >= 0.3 is 12.2 Å². The van der Waals surface area contributed by atoms with Crippen molar-refractivity contribution in [2.75, 3.05) is 11.8 Å². The lowest BCUT2D eigenvalue weighted by Crippen LogP contribution is -2.65. The molecule has 0 saturated carbocycles. The molecule has 0 aliphatic rings. The zero-order chi connectivity index (χ0) is 33.6. The number of rotatable bonds is 10. The van der Waals surface area contributed by atoms with Gasteiger partial charge in [-0.25, -0.2) is 37.2 Å². The third kappa shape index (κ3) is 11.1. The van der Waals surface area contributed by atoms with E-state index >= 15 is 0 Å². The first-order valence-corrected chi connectivity index (χ1v) is 14.6. The summed E-state index contributed by atoms with van der Waals surface area (Å²) >= 11 is 11.9. The van der Waals surface area contributed by atoms with Crippen LogP contribution in [0.1, 0.15) is 52.7 Å². The van der Waals surface area contributed by atoms with Crippen LogP contribution in [0.25, 0.3) is 0 Å². The molecule has 0 aliphatic heterocycles. The molecule has 44 heavy (non-hydrogen) atoms. The van der Waals surface area contributed by atoms with E-state index in [0.29, 0.717) is 22.2 Å². The second kappa shape index (κ2) is 15.3. The number of hydrogen-bond acceptors (Lipinski definition) is 6. The summed E-state index contributed by atoms with van der Waals surface area (Å²) in [7, 11) is 0. The summed E-state index contributed by atoms with van der Waals surface area (Å²) in [6.07, 6.45) is -5.35. The molecule has 0 spiro atoms. The zero-order valence-corrected chi connectivity index (χ0v) is 26.7. The molecule has 1 N–H and O–H groups in total. The molecule has 244 valence electrons. The first-order valence-electron chi connectivity index (χ1n) is 13.5. The molecule has 8 nitrogen and oxygen atoms in total. The highest BCUT2D eigenvalue weighted by Gasteiger charge is 2.45. The number of Topliss-reactive ketones (excluding diaryl/α,β-unsaturated/α-hetero) is 1. The van der Waals surface area contributed by atoms with Gasteiger partial charge in [0.1, 0.15) is 40.5 Å². The van der Waals surface area contributed by atoms with Crippen LogP contribution in [-0.4, -0.2) is 74.2 Å². The van der Waals surface area contributed by atoms with Crippen molar-refractivity contribution < 1.29 is 46.5 Å². The molecular weight excluding hydrogens is 631 g/mol. The molecule has 0 fully saturated rings. The number of ketones is 1. The maximum Gasteiger partial charge on any atom is 0.430 e. The molecule has 0 aromatic heterocycles. The van der Waals surface area contributed by atoms with E-state index < -0.39 is 95.2 Å². The summed E-state index contributed by atoms with van der Waals surface area (Å²) in [4.78, 5) is 41.2. The standard InChI is InChI=1S/C30H36Cl2F4N2O6/c1-29(2,3)43-27(41)37(23(25(39)15-31)11-17-7-19(33)13-20(34)8-17)38(28(42)44-30(4,5)6)24(26(40)16-32)12-18-9-21(35)14-22(36)10-18/h7-10,13-14,23-25,39H,11-12,15-16H2,1-6H3/t23-,24-,25+/m0/s1. The summed E-state index contributed by atoms with van der Waals surface area (Å²) in [5.74, 6) is -6.03. The molecule has 2 aromatic rings. The minimum Gasteiger partial charge on any atom is -0.442 e. The highest BCUT2D eigenvalue weighted by atomic mass is 35.5. The average Bonchev–Trinajstić information content (AvgIpc) is 2.85. The Morgan fingerprint density at radius 1 is 0.727 bits per heavy atom. The van der Waals surface area contributed by atoms with Crippen molar-refractivity contribution >= 4 is 41.2 Å². The summed E-state index contributed by atoms with van der Waals surface area (Å²) in [5.41, 5.74) is -2.55. The molecule has 2 aromatic carbocycles. The van der Waals surface area contributed by atoms with Gasteiger partial charge < -0.3 is 14.6 Å². The molecule has 0 heterocycles. The number of aliphatic hydroxyl groups excluding tert-OH is 1. The Labute approximate surface area is 263 Å². The third-order valence-corrected chi connectivity index (χ3v) is 6.41. The zero-order valence-electron chi connectivity index (χ0n) is 25.2. The van der Waals surface area contributed by atoms with Crippen molar-refractivity contribution in [2.45, 2.75) is 83.8 Å². The molecule has 2 amide bonds. The number of halogens is 6. The van der Waals surface area contributed by atoms with E-state index in [-0.39, 0.29) is 11.1 Å². The number of alkyl halides is 2. The van der Waals surface area contributed by atoms with Crippen molar-refractivity contribution in [1.82, 2.24) is 10.0 Å². The van der Waals surface area contributed by atoms with Gasteiger partial charge in [-0.1, -0.05) is 0 Å². The molecule has 2 rings (SSSR count). The highest BCUT2D eigenvalue weighted by molar-refractivity contribution is 6.28. The van der Waals surface area contributed by atoms with Gasteiger partial charge in [-0.15, -0.1) is 23.2 Å². The molecule has 0 unspecified atom stereocenters. The topological polar surface area (TPSA) is 96.4 Å². The van der Waals surface area contributed by atoms with E-state index in [9.17, 15) is 37.1 Å². The minimum atomic E-state index is -1.76. The lowest BCUT2D eigenvalue weighted by molar-refractivity contribution is -0.138. The maximum atomic E-state index is 14.2. The first kappa shape index (κ1) is 37.1. The quantitative estimate of drug-likeness (QED) is 0.175. The Hall–Kier alpha value is -3.09. The lowest BCUT2D eigenvalue weighted by Gasteiger charge is -2.44. The van der Waals surface area contributed by atoms with E-state index in [1.807, 2.05) is 0 Å². The van der Waals surface area contributed by atoms with Crippen molar-refractivity contribution in [3.8, 4) is 0 Å². The van der Waals surface area contributed by atoms with Gasteiger partial charge in [-0.05, 0) is 83.4 Å². The Bertz CT molecular complexity index is 1300. The van der Waals surface area contributed by atoms with Gasteiger partial charge in [-0.3, -0.25) is 4.79 Å². The Morgan fingerprint density at radius 2 is 1.11 bits per heavy atom. The number of nitrogens with zero attached hydrogens (tertiary/aromatic N) is 2. The van der Waals surface area contributed by atoms with Gasteiger partial charge in [0.2, 0.25) is 0 Å². The van der Waals surface area contributed by atoms with Gasteiger partial charge in [0.25, 0.3) is 0 Å². The van der Waals surface area contributed by atoms with Crippen molar-refractivity contribution in [1.29, 1.82) is 0 Å². The van der Waals surface area contributed by atoms with Gasteiger partial charge in [0.15, 0.2) is 5.78 Å². The number of carbonyl (C=O) groups is 3. The van der Waals surface area contributed by atoms with Gasteiger partial charge in [0.05, 0.1) is 23.9 Å². The molecular formula is C30H36Cl2F4N2O6. The number of amides is 2.